The van der Waals surface area contributed by atoms with E-state index in [1.807, 2.05) is 24.3 Å². The lowest BCUT2D eigenvalue weighted by Gasteiger charge is -2.03. The van der Waals surface area contributed by atoms with Crippen molar-refractivity contribution in [2.75, 3.05) is 11.1 Å². The van der Waals surface area contributed by atoms with Gasteiger partial charge in [-0.3, -0.25) is 9.32 Å². The molecule has 1 aromatic carbocycles. The third kappa shape index (κ3) is 3.83. The number of aromatic nitrogens is 2. The van der Waals surface area contributed by atoms with E-state index < -0.39 is 5.63 Å². The van der Waals surface area contributed by atoms with Crippen LogP contribution < -0.4 is 15.6 Å². The summed E-state index contributed by atoms with van der Waals surface area (Å²) in [6.07, 6.45) is 0. The van der Waals surface area contributed by atoms with Crippen molar-refractivity contribution in [1.82, 2.24) is 5.27 Å². The summed E-state index contributed by atoms with van der Waals surface area (Å²) in [4.78, 5) is 23.0. The van der Waals surface area contributed by atoms with Crippen molar-refractivity contribution >= 4 is 45.9 Å². The fraction of sp³-hybridized carbons (Fsp3) is 0.182. The van der Waals surface area contributed by atoms with Crippen molar-refractivity contribution in [2.24, 2.45) is 7.05 Å². The summed E-state index contributed by atoms with van der Waals surface area (Å²) >= 11 is 3.32. The molecule has 1 aromatic heterocycles. The zero-order valence-corrected chi connectivity index (χ0v) is 12.9. The molecule has 0 aliphatic carbocycles. The maximum absolute atomic E-state index is 11.7. The number of amides is 1. The van der Waals surface area contributed by atoms with Crippen LogP contribution in [-0.4, -0.2) is 16.9 Å². The Kier molecular flexibility index (Phi) is 4.64. The Balaban J connectivity index is 1.92. The van der Waals surface area contributed by atoms with E-state index in [1.165, 1.54) is 4.68 Å². The summed E-state index contributed by atoms with van der Waals surface area (Å²) in [7, 11) is 1.64. The van der Waals surface area contributed by atoms with Crippen molar-refractivity contribution in [1.29, 1.82) is 0 Å². The predicted molar refractivity (Wildman–Crippen MR) is 79.0 cm³/mol. The van der Waals surface area contributed by atoms with E-state index in [-0.39, 0.29) is 11.7 Å². The first kappa shape index (κ1) is 14.1. The van der Waals surface area contributed by atoms with Gasteiger partial charge in [0, 0.05) is 9.26 Å². The fourth-order valence-corrected chi connectivity index (χ4v) is 2.44. The zero-order chi connectivity index (χ0) is 13.8. The SMILES string of the molecule is C[n+]1[nH]oc(=O)c1SCC(=O)Nc1ccc(I)cc1. The van der Waals surface area contributed by atoms with E-state index in [2.05, 4.69) is 37.7 Å². The van der Waals surface area contributed by atoms with Crippen LogP contribution in [-0.2, 0) is 11.8 Å². The average Bonchev–Trinajstić information content (AvgIpc) is 2.70. The molecule has 6 nitrogen and oxygen atoms in total. The molecule has 2 aromatic rings. The second kappa shape index (κ2) is 6.24. The van der Waals surface area contributed by atoms with Gasteiger partial charge in [0.05, 0.1) is 5.75 Å². The van der Waals surface area contributed by atoms with Crippen LogP contribution in [0.2, 0.25) is 0 Å². The van der Waals surface area contributed by atoms with Crippen LogP contribution in [0.3, 0.4) is 0 Å². The summed E-state index contributed by atoms with van der Waals surface area (Å²) in [5, 5.41) is 5.51. The van der Waals surface area contributed by atoms with Crippen molar-refractivity contribution in [3.63, 3.8) is 0 Å². The first-order valence-corrected chi connectivity index (χ1v) is 7.38. The zero-order valence-electron chi connectivity index (χ0n) is 9.97. The quantitative estimate of drug-likeness (QED) is 0.465. The monoisotopic (exact) mass is 392 g/mol. The summed E-state index contributed by atoms with van der Waals surface area (Å²) in [5.74, 6) is -0.0329. The molecule has 8 heteroatoms. The molecule has 2 N–H and O–H groups in total. The van der Waals surface area contributed by atoms with Gasteiger partial charge >= 0.3 is 10.7 Å². The Labute approximate surface area is 126 Å². The third-order valence-electron chi connectivity index (χ3n) is 2.22. The highest BCUT2D eigenvalue weighted by Crippen LogP contribution is 2.13. The van der Waals surface area contributed by atoms with E-state index in [9.17, 15) is 9.59 Å². The van der Waals surface area contributed by atoms with Gasteiger partial charge in [-0.15, -0.1) is 0 Å². The number of thioether (sulfide) groups is 1. The molecule has 100 valence electrons. The highest BCUT2D eigenvalue weighted by atomic mass is 127. The number of aromatic amines is 1. The highest BCUT2D eigenvalue weighted by molar-refractivity contribution is 14.1. The highest BCUT2D eigenvalue weighted by Gasteiger charge is 2.19. The maximum atomic E-state index is 11.7. The van der Waals surface area contributed by atoms with Crippen LogP contribution in [0, 0.1) is 3.57 Å². The number of benzene rings is 1. The molecule has 0 saturated carbocycles. The van der Waals surface area contributed by atoms with Crippen LogP contribution in [0.1, 0.15) is 0 Å². The standard InChI is InChI=1S/C11H10IN3O3S/c1-15-10(11(17)18-14-15)19-6-9(16)13-8-4-2-7(12)3-5-8/h2-5H,6H2,1H3,(H-,13,14,16,17)/p+1. The van der Waals surface area contributed by atoms with Gasteiger partial charge in [0.25, 0.3) is 0 Å². The lowest BCUT2D eigenvalue weighted by atomic mass is 10.3. The van der Waals surface area contributed by atoms with E-state index in [0.29, 0.717) is 5.03 Å². The van der Waals surface area contributed by atoms with Crippen LogP contribution in [0.5, 0.6) is 0 Å². The lowest BCUT2D eigenvalue weighted by Crippen LogP contribution is -2.34. The Morgan fingerprint density at radius 3 is 2.74 bits per heavy atom. The molecule has 1 heterocycles. The van der Waals surface area contributed by atoms with E-state index >= 15 is 0 Å². The summed E-state index contributed by atoms with van der Waals surface area (Å²) < 4.78 is 7.12. The first-order chi connectivity index (χ1) is 9.06. The summed E-state index contributed by atoms with van der Waals surface area (Å²) in [6, 6.07) is 7.47. The fourth-order valence-electron chi connectivity index (χ4n) is 1.35. The number of rotatable bonds is 4. The topological polar surface area (TPSA) is 79.0 Å². The molecule has 2 rings (SSSR count). The normalized spacial score (nSPS) is 10.4. The van der Waals surface area contributed by atoms with E-state index in [4.69, 9.17) is 0 Å². The lowest BCUT2D eigenvalue weighted by molar-refractivity contribution is -0.772. The van der Waals surface area contributed by atoms with E-state index in [1.54, 1.807) is 7.05 Å². The van der Waals surface area contributed by atoms with Crippen LogP contribution in [0.4, 0.5) is 5.69 Å². The number of nitrogens with zero attached hydrogens (tertiary/aromatic N) is 1. The largest absolute Gasteiger partial charge is 0.441 e. The smallest absolute Gasteiger partial charge is 0.325 e. The van der Waals surface area contributed by atoms with Crippen molar-refractivity contribution in [3.05, 3.63) is 38.3 Å². The van der Waals surface area contributed by atoms with Crippen molar-refractivity contribution in [2.45, 2.75) is 5.03 Å². The molecule has 19 heavy (non-hydrogen) atoms. The molecule has 0 spiro atoms. The number of anilines is 1. The van der Waals surface area contributed by atoms with Gasteiger partial charge in [0.2, 0.25) is 5.91 Å². The number of aryl methyl sites for hydroxylation is 1. The summed E-state index contributed by atoms with van der Waals surface area (Å²) in [6.45, 7) is 0. The third-order valence-corrected chi connectivity index (χ3v) is 4.06. The Morgan fingerprint density at radius 1 is 1.47 bits per heavy atom. The molecule has 0 saturated heterocycles. The van der Waals surface area contributed by atoms with Gasteiger partial charge in [0.15, 0.2) is 7.05 Å². The minimum Gasteiger partial charge on any atom is -0.325 e. The second-order valence-corrected chi connectivity index (χ2v) is 5.90. The number of nitrogens with one attached hydrogen (secondary N) is 2. The average molecular weight is 392 g/mol. The van der Waals surface area contributed by atoms with Gasteiger partial charge in [0.1, 0.15) is 0 Å². The van der Waals surface area contributed by atoms with Gasteiger partial charge in [-0.1, -0.05) is 4.68 Å². The Hall–Kier alpha value is -1.29. The first-order valence-electron chi connectivity index (χ1n) is 5.32. The second-order valence-electron chi connectivity index (χ2n) is 3.69. The molecule has 0 radical (unpaired) electrons. The van der Waals surface area contributed by atoms with E-state index in [0.717, 1.165) is 21.0 Å². The minimum atomic E-state index is -0.477. The molecule has 1 amide bonds. The summed E-state index contributed by atoms with van der Waals surface area (Å²) in [5.41, 5.74) is 0.256. The molecule has 0 aliphatic rings. The predicted octanol–water partition coefficient (Wildman–Crippen LogP) is 1.13. The van der Waals surface area contributed by atoms with Gasteiger partial charge < -0.3 is 5.32 Å². The molecule has 0 fully saturated rings. The molecular weight excluding hydrogens is 381 g/mol. The molecule has 0 unspecified atom stereocenters. The number of hydrogen-bond donors (Lipinski definition) is 2. The van der Waals surface area contributed by atoms with Gasteiger partial charge in [-0.25, -0.2) is 4.79 Å². The van der Waals surface area contributed by atoms with Crippen molar-refractivity contribution in [3.8, 4) is 0 Å². The number of halogens is 1. The Bertz CT molecular complexity index is 635. The number of carbonyl (C=O) groups is 1. The molecule has 0 aliphatic heterocycles. The van der Waals surface area contributed by atoms with Crippen molar-refractivity contribution < 1.29 is 14.0 Å². The minimum absolute atomic E-state index is 0.141. The molecular formula is C11H11IN3O3S+. The molecule has 0 bridgehead atoms. The number of carbonyl (C=O) groups excluding carboxylic acids is 1. The number of H-pyrrole nitrogens is 1. The van der Waals surface area contributed by atoms with Crippen LogP contribution in [0.25, 0.3) is 0 Å². The van der Waals surface area contributed by atoms with Gasteiger partial charge in [-0.05, 0) is 63.9 Å². The Morgan fingerprint density at radius 2 is 2.16 bits per heavy atom. The van der Waals surface area contributed by atoms with Crippen LogP contribution in [0.15, 0.2) is 38.6 Å². The number of hydrogen-bond acceptors (Lipinski definition) is 4. The van der Waals surface area contributed by atoms with Crippen LogP contribution >= 0.6 is 34.4 Å². The maximum Gasteiger partial charge on any atom is 0.441 e. The van der Waals surface area contributed by atoms with Gasteiger partial charge in [-0.2, -0.15) is 0 Å². The molecule has 0 atom stereocenters.